The van der Waals surface area contributed by atoms with Gasteiger partial charge in [-0.1, -0.05) is 0 Å². The number of rotatable bonds is 4. The molecule has 25 heavy (non-hydrogen) atoms. The first-order chi connectivity index (χ1) is 11.9. The summed E-state index contributed by atoms with van der Waals surface area (Å²) in [5.74, 6) is -1.99. The van der Waals surface area contributed by atoms with Crippen molar-refractivity contribution in [1.29, 1.82) is 0 Å². The van der Waals surface area contributed by atoms with E-state index in [1.807, 2.05) is 0 Å². The smallest absolute Gasteiger partial charge is 0.469 e. The minimum atomic E-state index is -0.842. The Morgan fingerprint density at radius 2 is 1.92 bits per heavy atom. The number of hydrogen-bond donors (Lipinski definition) is 1. The maximum absolute atomic E-state index is 12.5. The molecule has 0 aliphatic carbocycles. The first-order valence-electron chi connectivity index (χ1n) is 7.58. The van der Waals surface area contributed by atoms with Crippen molar-refractivity contribution in [3.63, 3.8) is 0 Å². The van der Waals surface area contributed by atoms with E-state index in [4.69, 9.17) is 4.74 Å². The molecule has 0 radical (unpaired) electrons. The Labute approximate surface area is 143 Å². The lowest BCUT2D eigenvalue weighted by Crippen LogP contribution is -2.54. The van der Waals surface area contributed by atoms with Crippen molar-refractivity contribution >= 4 is 23.9 Å². The molecule has 1 atom stereocenters. The number of ether oxygens (including phenoxy) is 3. The molecule has 2 amide bonds. The number of esters is 1. The van der Waals surface area contributed by atoms with Crippen molar-refractivity contribution in [2.24, 2.45) is 5.92 Å². The molecule has 134 valence electrons. The second kappa shape index (κ2) is 8.13. The van der Waals surface area contributed by atoms with Crippen LogP contribution in [0.2, 0.25) is 0 Å². The highest BCUT2D eigenvalue weighted by atomic mass is 16.7. The van der Waals surface area contributed by atoms with Crippen LogP contribution < -0.4 is 10.2 Å². The zero-order chi connectivity index (χ0) is 18.4. The molecule has 1 aromatic carbocycles. The van der Waals surface area contributed by atoms with E-state index in [2.05, 4.69) is 14.9 Å². The third kappa shape index (κ3) is 4.69. The molecule has 2 rings (SSSR count). The van der Waals surface area contributed by atoms with Crippen LogP contribution in [0.5, 0.6) is 5.75 Å². The van der Waals surface area contributed by atoms with Crippen LogP contribution in [0.3, 0.4) is 0 Å². The molecule has 1 aromatic rings. The highest BCUT2D eigenvalue weighted by Gasteiger charge is 2.33. The monoisotopic (exact) mass is 350 g/mol. The summed E-state index contributed by atoms with van der Waals surface area (Å²) in [7, 11) is 1.23. The van der Waals surface area contributed by atoms with Gasteiger partial charge < -0.3 is 14.2 Å². The summed E-state index contributed by atoms with van der Waals surface area (Å²) in [5, 5.41) is 1.06. The van der Waals surface area contributed by atoms with E-state index in [1.54, 1.807) is 6.92 Å². The number of carbonyl (C=O) groups excluding carboxylic acids is 4. The van der Waals surface area contributed by atoms with Crippen molar-refractivity contribution in [1.82, 2.24) is 10.4 Å². The molecule has 0 aromatic heterocycles. The lowest BCUT2D eigenvalue weighted by Gasteiger charge is -2.31. The largest absolute Gasteiger partial charge is 0.513 e. The van der Waals surface area contributed by atoms with Crippen LogP contribution in [0, 0.1) is 5.92 Å². The van der Waals surface area contributed by atoms with E-state index in [-0.39, 0.29) is 30.9 Å². The predicted octanol–water partition coefficient (Wildman–Crippen LogP) is 0.888. The summed E-state index contributed by atoms with van der Waals surface area (Å²) in [5.41, 5.74) is 2.67. The average Bonchev–Trinajstić information content (AvgIpc) is 2.60. The SMILES string of the molecule is CCOC(=O)Oc1ccc(C(=O)N2CC(C(=O)OC)CC(=O)N2)cc1. The maximum Gasteiger partial charge on any atom is 0.513 e. The van der Waals surface area contributed by atoms with Gasteiger partial charge in [-0.05, 0) is 31.2 Å². The fourth-order valence-corrected chi connectivity index (χ4v) is 2.27. The lowest BCUT2D eigenvalue weighted by atomic mass is 10.0. The summed E-state index contributed by atoms with van der Waals surface area (Å²) in [4.78, 5) is 47.0. The number of hydrazine groups is 1. The van der Waals surface area contributed by atoms with E-state index < -0.39 is 29.9 Å². The molecule has 1 aliphatic heterocycles. The van der Waals surface area contributed by atoms with Crippen LogP contribution in [-0.4, -0.2) is 49.2 Å². The Kier molecular flexibility index (Phi) is 5.93. The molecule has 0 bridgehead atoms. The third-order valence-corrected chi connectivity index (χ3v) is 3.44. The molecule has 1 N–H and O–H groups in total. The fraction of sp³-hybridized carbons (Fsp3) is 0.375. The minimum absolute atomic E-state index is 0.0122. The Morgan fingerprint density at radius 1 is 1.24 bits per heavy atom. The number of hydrogen-bond acceptors (Lipinski definition) is 7. The van der Waals surface area contributed by atoms with Gasteiger partial charge in [0.1, 0.15) is 5.75 Å². The minimum Gasteiger partial charge on any atom is -0.469 e. The standard InChI is InChI=1S/C16H18N2O7/c1-3-24-16(22)25-12-6-4-10(5-7-12)14(20)18-9-11(15(21)23-2)8-13(19)17-18/h4-7,11H,3,8-9H2,1-2H3,(H,17,19). The van der Waals surface area contributed by atoms with E-state index in [0.717, 1.165) is 5.01 Å². The number of benzene rings is 1. The number of nitrogens with one attached hydrogen (secondary N) is 1. The van der Waals surface area contributed by atoms with E-state index >= 15 is 0 Å². The number of carbonyl (C=O) groups is 4. The van der Waals surface area contributed by atoms with Crippen molar-refractivity contribution < 1.29 is 33.4 Å². The summed E-state index contributed by atoms with van der Waals surface area (Å²) in [6.07, 6.45) is -0.881. The fourth-order valence-electron chi connectivity index (χ4n) is 2.27. The van der Waals surface area contributed by atoms with Gasteiger partial charge >= 0.3 is 12.1 Å². The van der Waals surface area contributed by atoms with E-state index in [9.17, 15) is 19.2 Å². The predicted molar refractivity (Wildman–Crippen MR) is 83.4 cm³/mol. The first kappa shape index (κ1) is 18.2. The molecule has 1 fully saturated rings. The molecule has 0 saturated carbocycles. The molecule has 9 nitrogen and oxygen atoms in total. The molecule has 0 spiro atoms. The van der Waals surface area contributed by atoms with Gasteiger partial charge in [-0.3, -0.25) is 19.8 Å². The molecular weight excluding hydrogens is 332 g/mol. The van der Waals surface area contributed by atoms with Gasteiger partial charge in [0.2, 0.25) is 5.91 Å². The topological polar surface area (TPSA) is 111 Å². The first-order valence-corrected chi connectivity index (χ1v) is 7.58. The number of amides is 2. The van der Waals surface area contributed by atoms with Gasteiger partial charge in [0, 0.05) is 12.0 Å². The highest BCUT2D eigenvalue weighted by molar-refractivity contribution is 5.97. The molecule has 1 unspecified atom stereocenters. The van der Waals surface area contributed by atoms with Crippen LogP contribution in [0.1, 0.15) is 23.7 Å². The number of nitrogens with zero attached hydrogens (tertiary/aromatic N) is 1. The summed E-state index contributed by atoms with van der Waals surface area (Å²) in [6, 6.07) is 5.72. The normalized spacial score (nSPS) is 16.6. The molecule has 1 heterocycles. The van der Waals surface area contributed by atoms with Crippen LogP contribution in [0.25, 0.3) is 0 Å². The second-order valence-corrected chi connectivity index (χ2v) is 5.18. The van der Waals surface area contributed by atoms with Gasteiger partial charge in [-0.25, -0.2) is 9.80 Å². The van der Waals surface area contributed by atoms with Crippen molar-refractivity contribution in [3.05, 3.63) is 29.8 Å². The maximum atomic E-state index is 12.5. The Hall–Kier alpha value is -3.10. The summed E-state index contributed by atoms with van der Waals surface area (Å²) >= 11 is 0. The second-order valence-electron chi connectivity index (χ2n) is 5.18. The van der Waals surface area contributed by atoms with Gasteiger partial charge in [0.15, 0.2) is 0 Å². The van der Waals surface area contributed by atoms with Gasteiger partial charge in [0.05, 0.1) is 26.2 Å². The quantitative estimate of drug-likeness (QED) is 0.634. The van der Waals surface area contributed by atoms with Crippen LogP contribution in [-0.2, 0) is 19.1 Å². The highest BCUT2D eigenvalue weighted by Crippen LogP contribution is 2.17. The summed E-state index contributed by atoms with van der Waals surface area (Å²) in [6.45, 7) is 1.85. The molecular formula is C16H18N2O7. The van der Waals surface area contributed by atoms with Gasteiger partial charge in [-0.2, -0.15) is 0 Å². The average molecular weight is 350 g/mol. The zero-order valence-electron chi connectivity index (χ0n) is 13.8. The van der Waals surface area contributed by atoms with Crippen LogP contribution in [0.4, 0.5) is 4.79 Å². The van der Waals surface area contributed by atoms with Crippen LogP contribution in [0.15, 0.2) is 24.3 Å². The Bertz CT molecular complexity index is 672. The molecule has 1 aliphatic rings. The van der Waals surface area contributed by atoms with E-state index in [0.29, 0.717) is 0 Å². The molecule has 1 saturated heterocycles. The summed E-state index contributed by atoms with van der Waals surface area (Å²) < 4.78 is 14.2. The van der Waals surface area contributed by atoms with Crippen molar-refractivity contribution in [2.75, 3.05) is 20.3 Å². The molecule has 9 heteroatoms. The Morgan fingerprint density at radius 3 is 2.52 bits per heavy atom. The zero-order valence-corrected chi connectivity index (χ0v) is 13.8. The third-order valence-electron chi connectivity index (χ3n) is 3.44. The van der Waals surface area contributed by atoms with Crippen molar-refractivity contribution in [2.45, 2.75) is 13.3 Å². The van der Waals surface area contributed by atoms with E-state index in [1.165, 1.54) is 31.4 Å². The van der Waals surface area contributed by atoms with Crippen molar-refractivity contribution in [3.8, 4) is 5.75 Å². The van der Waals surface area contributed by atoms with Gasteiger partial charge in [0.25, 0.3) is 5.91 Å². The lowest BCUT2D eigenvalue weighted by molar-refractivity contribution is -0.151. The van der Waals surface area contributed by atoms with Gasteiger partial charge in [-0.15, -0.1) is 0 Å². The van der Waals surface area contributed by atoms with Crippen LogP contribution >= 0.6 is 0 Å². The Balaban J connectivity index is 2.05. The number of methoxy groups -OCH3 is 1.